The summed E-state index contributed by atoms with van der Waals surface area (Å²) in [6.07, 6.45) is 0. The lowest BCUT2D eigenvalue weighted by molar-refractivity contribution is 0.262. The van der Waals surface area contributed by atoms with E-state index in [1.165, 1.54) is 11.8 Å². The van der Waals surface area contributed by atoms with Gasteiger partial charge < -0.3 is 10.2 Å². The van der Waals surface area contributed by atoms with Gasteiger partial charge in [0.05, 0.1) is 0 Å². The molecule has 0 aliphatic carbocycles. The van der Waals surface area contributed by atoms with E-state index in [1.54, 1.807) is 7.05 Å². The van der Waals surface area contributed by atoms with Crippen LogP contribution in [-0.2, 0) is 0 Å². The van der Waals surface area contributed by atoms with Crippen LogP contribution >= 0.6 is 11.8 Å². The summed E-state index contributed by atoms with van der Waals surface area (Å²) in [5.41, 5.74) is 1.13. The van der Waals surface area contributed by atoms with Crippen LogP contribution in [0.3, 0.4) is 0 Å². The predicted octanol–water partition coefficient (Wildman–Crippen LogP) is 2.18. The molecule has 0 saturated heterocycles. The highest BCUT2D eigenvalue weighted by Gasteiger charge is 2.01. The van der Waals surface area contributed by atoms with Crippen LogP contribution in [0.4, 0.5) is 10.5 Å². The number of hydrogen-bond acceptors (Lipinski definition) is 3. The number of benzene rings is 1. The lowest BCUT2D eigenvalue weighted by Crippen LogP contribution is -2.11. The lowest BCUT2D eigenvalue weighted by atomic mass is 10.3. The molecule has 1 rings (SSSR count). The number of carbonyl (C=O) groups excluding carboxylic acids is 1. The monoisotopic (exact) mass is 210 g/mol. The fraction of sp³-hybridized carbons (Fsp3) is 0.300. The molecular weight excluding hydrogens is 196 g/mol. The van der Waals surface area contributed by atoms with Crippen LogP contribution in [-0.4, -0.2) is 26.4 Å². The molecule has 4 heteroatoms. The predicted molar refractivity (Wildman–Crippen MR) is 61.1 cm³/mol. The molecule has 0 bridgehead atoms. The smallest absolute Gasteiger partial charge is 0.283 e. The number of nitrogens with zero attached hydrogens (tertiary/aromatic N) is 1. The number of nitrogens with one attached hydrogen (secondary N) is 1. The van der Waals surface area contributed by atoms with Crippen molar-refractivity contribution in [1.82, 2.24) is 5.32 Å². The molecule has 0 aromatic heterocycles. The van der Waals surface area contributed by atoms with Gasteiger partial charge in [-0.25, -0.2) is 0 Å². The van der Waals surface area contributed by atoms with Crippen molar-refractivity contribution in [2.24, 2.45) is 0 Å². The Morgan fingerprint density at radius 3 is 2.29 bits per heavy atom. The zero-order valence-electron chi connectivity index (χ0n) is 8.57. The average molecular weight is 210 g/mol. The van der Waals surface area contributed by atoms with Crippen LogP contribution in [0.5, 0.6) is 0 Å². The maximum Gasteiger partial charge on any atom is 0.283 e. The molecule has 1 amide bonds. The zero-order valence-corrected chi connectivity index (χ0v) is 9.39. The van der Waals surface area contributed by atoms with E-state index in [0.29, 0.717) is 0 Å². The third kappa shape index (κ3) is 2.96. The summed E-state index contributed by atoms with van der Waals surface area (Å²) in [5.74, 6) is 0. The van der Waals surface area contributed by atoms with Gasteiger partial charge in [0.2, 0.25) is 0 Å². The second-order valence-electron chi connectivity index (χ2n) is 3.03. The highest BCUT2D eigenvalue weighted by Crippen LogP contribution is 2.21. The second kappa shape index (κ2) is 4.91. The molecule has 0 atom stereocenters. The van der Waals surface area contributed by atoms with Gasteiger partial charge >= 0.3 is 0 Å². The van der Waals surface area contributed by atoms with Crippen molar-refractivity contribution in [1.29, 1.82) is 0 Å². The van der Waals surface area contributed by atoms with Gasteiger partial charge in [-0.3, -0.25) is 4.79 Å². The largest absolute Gasteiger partial charge is 0.378 e. The highest BCUT2D eigenvalue weighted by molar-refractivity contribution is 8.13. The summed E-state index contributed by atoms with van der Waals surface area (Å²) in [5, 5.41) is 2.53. The van der Waals surface area contributed by atoms with Crippen LogP contribution in [0.2, 0.25) is 0 Å². The Morgan fingerprint density at radius 1 is 1.29 bits per heavy atom. The van der Waals surface area contributed by atoms with Crippen LogP contribution in [0.25, 0.3) is 0 Å². The Hall–Kier alpha value is -1.16. The first-order chi connectivity index (χ1) is 6.63. The van der Waals surface area contributed by atoms with Gasteiger partial charge in [0, 0.05) is 31.7 Å². The number of amides is 1. The molecule has 0 spiro atoms. The SMILES string of the molecule is CNC(=O)Sc1ccc(N(C)C)cc1. The molecule has 1 N–H and O–H groups in total. The van der Waals surface area contributed by atoms with E-state index in [9.17, 15) is 4.79 Å². The number of carbonyl (C=O) groups is 1. The minimum atomic E-state index is -0.0393. The molecular formula is C10H14N2OS. The standard InChI is InChI=1S/C10H14N2OS/c1-11-10(13)14-9-6-4-8(5-7-9)12(2)3/h4-7H,1-3H3,(H,11,13). The van der Waals surface area contributed by atoms with Gasteiger partial charge in [-0.2, -0.15) is 0 Å². The Bertz CT molecular complexity index is 308. The maximum atomic E-state index is 11.0. The molecule has 1 aromatic rings. The Morgan fingerprint density at radius 2 is 1.86 bits per heavy atom. The molecule has 1 aromatic carbocycles. The number of hydrogen-bond donors (Lipinski definition) is 1. The Kier molecular flexibility index (Phi) is 3.83. The normalized spacial score (nSPS) is 9.64. The topological polar surface area (TPSA) is 32.3 Å². The molecule has 0 aliphatic heterocycles. The van der Waals surface area contributed by atoms with Crippen LogP contribution in [0, 0.1) is 0 Å². The Labute approximate surface area is 88.5 Å². The lowest BCUT2D eigenvalue weighted by Gasteiger charge is -2.12. The van der Waals surface area contributed by atoms with Gasteiger partial charge in [-0.1, -0.05) is 0 Å². The second-order valence-corrected chi connectivity index (χ2v) is 4.07. The first-order valence-corrected chi connectivity index (χ1v) is 5.12. The molecule has 0 fully saturated rings. The van der Waals surface area contributed by atoms with Crippen molar-refractivity contribution in [3.63, 3.8) is 0 Å². The number of anilines is 1. The minimum absolute atomic E-state index is 0.0393. The average Bonchev–Trinajstić information content (AvgIpc) is 2.18. The molecule has 0 unspecified atom stereocenters. The van der Waals surface area contributed by atoms with Gasteiger partial charge in [-0.05, 0) is 36.0 Å². The summed E-state index contributed by atoms with van der Waals surface area (Å²) in [7, 11) is 5.60. The molecule has 0 heterocycles. The van der Waals surface area contributed by atoms with Crippen LogP contribution in [0.15, 0.2) is 29.2 Å². The maximum absolute atomic E-state index is 11.0. The molecule has 0 radical (unpaired) electrons. The van der Waals surface area contributed by atoms with Gasteiger partial charge in [0.1, 0.15) is 0 Å². The third-order valence-electron chi connectivity index (χ3n) is 1.77. The highest BCUT2D eigenvalue weighted by atomic mass is 32.2. The molecule has 3 nitrogen and oxygen atoms in total. The summed E-state index contributed by atoms with van der Waals surface area (Å²) in [6, 6.07) is 7.86. The minimum Gasteiger partial charge on any atom is -0.378 e. The molecule has 76 valence electrons. The number of rotatable bonds is 2. The van der Waals surface area contributed by atoms with Gasteiger partial charge in [0.25, 0.3) is 5.24 Å². The van der Waals surface area contributed by atoms with Gasteiger partial charge in [0.15, 0.2) is 0 Å². The first kappa shape index (κ1) is 10.9. The Balaban J connectivity index is 2.69. The van der Waals surface area contributed by atoms with Crippen LogP contribution < -0.4 is 10.2 Å². The summed E-state index contributed by atoms with van der Waals surface area (Å²) in [4.78, 5) is 14.0. The summed E-state index contributed by atoms with van der Waals surface area (Å²) < 4.78 is 0. The van der Waals surface area contributed by atoms with Crippen molar-refractivity contribution in [3.05, 3.63) is 24.3 Å². The molecule has 0 aliphatic rings. The fourth-order valence-corrected chi connectivity index (χ4v) is 1.56. The first-order valence-electron chi connectivity index (χ1n) is 4.30. The van der Waals surface area contributed by atoms with E-state index >= 15 is 0 Å². The zero-order chi connectivity index (χ0) is 10.6. The van der Waals surface area contributed by atoms with Crippen molar-refractivity contribution >= 4 is 22.7 Å². The summed E-state index contributed by atoms with van der Waals surface area (Å²) >= 11 is 1.20. The number of thioether (sulfide) groups is 1. The van der Waals surface area contributed by atoms with E-state index in [-0.39, 0.29) is 5.24 Å². The van der Waals surface area contributed by atoms with Crippen molar-refractivity contribution in [2.45, 2.75) is 4.90 Å². The van der Waals surface area contributed by atoms with Gasteiger partial charge in [-0.15, -0.1) is 0 Å². The summed E-state index contributed by atoms with van der Waals surface area (Å²) in [6.45, 7) is 0. The van der Waals surface area contributed by atoms with E-state index in [2.05, 4.69) is 5.32 Å². The van der Waals surface area contributed by atoms with E-state index < -0.39 is 0 Å². The van der Waals surface area contributed by atoms with Crippen LogP contribution in [0.1, 0.15) is 0 Å². The van der Waals surface area contributed by atoms with E-state index in [4.69, 9.17) is 0 Å². The van der Waals surface area contributed by atoms with E-state index in [0.717, 1.165) is 10.6 Å². The van der Waals surface area contributed by atoms with Crippen molar-refractivity contribution in [2.75, 3.05) is 26.0 Å². The van der Waals surface area contributed by atoms with E-state index in [1.807, 2.05) is 43.3 Å². The quantitative estimate of drug-likeness (QED) is 0.759. The van der Waals surface area contributed by atoms with Crippen molar-refractivity contribution < 1.29 is 4.79 Å². The molecule has 14 heavy (non-hydrogen) atoms. The third-order valence-corrected chi connectivity index (χ3v) is 2.67. The van der Waals surface area contributed by atoms with Crippen molar-refractivity contribution in [3.8, 4) is 0 Å². The fourth-order valence-electron chi connectivity index (χ4n) is 0.970. The molecule has 0 saturated carbocycles.